The fourth-order valence-corrected chi connectivity index (χ4v) is 4.03. The Kier molecular flexibility index (Phi) is 4.99. The van der Waals surface area contributed by atoms with E-state index in [0.29, 0.717) is 6.04 Å². The van der Waals surface area contributed by atoms with Crippen LogP contribution in [0.3, 0.4) is 0 Å². The second-order valence-corrected chi connectivity index (χ2v) is 6.79. The number of likely N-dealkylation sites (tertiary alicyclic amines) is 2. The van der Waals surface area contributed by atoms with Gasteiger partial charge in [0, 0.05) is 25.2 Å². The van der Waals surface area contributed by atoms with Gasteiger partial charge in [-0.3, -0.25) is 4.90 Å². The average Bonchev–Trinajstić information content (AvgIpc) is 3.00. The Bertz CT molecular complexity index is 420. The molecule has 0 saturated carbocycles. The van der Waals surface area contributed by atoms with Crippen molar-refractivity contribution in [1.29, 1.82) is 0 Å². The standard InChI is InChI=1S/C17H29N3O/c1-14(11-18-12-16-6-4-10-21-16)20-9-7-17-15(13-20)5-3-8-19(17)2/h4,6,10,14-15,17-18H,3,5,7-9,11-13H2,1-2H3. The highest BCUT2D eigenvalue weighted by Crippen LogP contribution is 2.30. The van der Waals surface area contributed by atoms with E-state index in [2.05, 4.69) is 29.1 Å². The number of furan rings is 1. The summed E-state index contributed by atoms with van der Waals surface area (Å²) < 4.78 is 5.36. The fourth-order valence-electron chi connectivity index (χ4n) is 4.03. The van der Waals surface area contributed by atoms with E-state index in [0.717, 1.165) is 30.8 Å². The van der Waals surface area contributed by atoms with Crippen LogP contribution in [0.1, 0.15) is 31.9 Å². The summed E-state index contributed by atoms with van der Waals surface area (Å²) in [6, 6.07) is 5.41. The van der Waals surface area contributed by atoms with E-state index in [9.17, 15) is 0 Å². The van der Waals surface area contributed by atoms with E-state index >= 15 is 0 Å². The minimum Gasteiger partial charge on any atom is -0.468 e. The SMILES string of the molecule is CC(CNCc1ccco1)N1CCC2C(CCCN2C)C1. The van der Waals surface area contributed by atoms with Crippen LogP contribution < -0.4 is 5.32 Å². The molecule has 2 saturated heterocycles. The lowest BCUT2D eigenvalue weighted by Crippen LogP contribution is -2.55. The van der Waals surface area contributed by atoms with E-state index < -0.39 is 0 Å². The maximum atomic E-state index is 5.36. The molecule has 2 aliphatic heterocycles. The maximum absolute atomic E-state index is 5.36. The lowest BCUT2D eigenvalue weighted by Gasteiger charge is -2.47. The van der Waals surface area contributed by atoms with Crippen LogP contribution in [0.15, 0.2) is 22.8 Å². The zero-order chi connectivity index (χ0) is 14.7. The number of rotatable bonds is 5. The fraction of sp³-hybridized carbons (Fsp3) is 0.765. The zero-order valence-electron chi connectivity index (χ0n) is 13.4. The van der Waals surface area contributed by atoms with Gasteiger partial charge in [0.2, 0.25) is 0 Å². The summed E-state index contributed by atoms with van der Waals surface area (Å²) in [6.45, 7) is 8.03. The van der Waals surface area contributed by atoms with Gasteiger partial charge >= 0.3 is 0 Å². The summed E-state index contributed by atoms with van der Waals surface area (Å²) in [7, 11) is 2.31. The van der Waals surface area contributed by atoms with Gasteiger partial charge in [-0.2, -0.15) is 0 Å². The monoisotopic (exact) mass is 291 g/mol. The Balaban J connectivity index is 1.44. The van der Waals surface area contributed by atoms with Crippen LogP contribution in [-0.4, -0.2) is 55.1 Å². The Morgan fingerprint density at radius 2 is 2.29 bits per heavy atom. The first-order valence-corrected chi connectivity index (χ1v) is 8.41. The smallest absolute Gasteiger partial charge is 0.117 e. The summed E-state index contributed by atoms with van der Waals surface area (Å²) in [5.41, 5.74) is 0. The Morgan fingerprint density at radius 3 is 3.10 bits per heavy atom. The third kappa shape index (κ3) is 3.68. The van der Waals surface area contributed by atoms with Gasteiger partial charge in [-0.15, -0.1) is 0 Å². The summed E-state index contributed by atoms with van der Waals surface area (Å²) >= 11 is 0. The molecule has 3 rings (SSSR count). The minimum absolute atomic E-state index is 0.605. The molecule has 3 heterocycles. The molecule has 0 amide bonds. The molecule has 0 bridgehead atoms. The molecule has 1 aromatic heterocycles. The van der Waals surface area contributed by atoms with Crippen molar-refractivity contribution >= 4 is 0 Å². The van der Waals surface area contributed by atoms with Gasteiger partial charge in [-0.25, -0.2) is 0 Å². The molecule has 4 nitrogen and oxygen atoms in total. The molecular formula is C17H29N3O. The van der Waals surface area contributed by atoms with Crippen molar-refractivity contribution in [2.75, 3.05) is 33.2 Å². The normalized spacial score (nSPS) is 29.2. The lowest BCUT2D eigenvalue weighted by atomic mass is 9.84. The largest absolute Gasteiger partial charge is 0.468 e. The summed E-state index contributed by atoms with van der Waals surface area (Å²) in [6.07, 6.45) is 5.86. The second-order valence-electron chi connectivity index (χ2n) is 6.79. The molecule has 2 fully saturated rings. The van der Waals surface area contributed by atoms with E-state index in [1.807, 2.05) is 12.1 Å². The van der Waals surface area contributed by atoms with E-state index in [1.165, 1.54) is 38.9 Å². The van der Waals surface area contributed by atoms with Crippen LogP contribution >= 0.6 is 0 Å². The minimum atomic E-state index is 0.605. The van der Waals surface area contributed by atoms with Crippen LogP contribution in [0.5, 0.6) is 0 Å². The van der Waals surface area contributed by atoms with Crippen molar-refractivity contribution in [2.24, 2.45) is 5.92 Å². The highest BCUT2D eigenvalue weighted by atomic mass is 16.3. The molecule has 1 aromatic rings. The zero-order valence-corrected chi connectivity index (χ0v) is 13.4. The van der Waals surface area contributed by atoms with Gasteiger partial charge < -0.3 is 14.6 Å². The van der Waals surface area contributed by atoms with Crippen LogP contribution in [0, 0.1) is 5.92 Å². The predicted octanol–water partition coefficient (Wildman–Crippen LogP) is 2.17. The second kappa shape index (κ2) is 6.95. The first-order valence-electron chi connectivity index (χ1n) is 8.41. The van der Waals surface area contributed by atoms with Crippen molar-refractivity contribution in [3.63, 3.8) is 0 Å². The van der Waals surface area contributed by atoms with Crippen molar-refractivity contribution in [2.45, 2.75) is 44.8 Å². The third-order valence-electron chi connectivity index (χ3n) is 5.32. The topological polar surface area (TPSA) is 31.7 Å². The molecule has 118 valence electrons. The van der Waals surface area contributed by atoms with Crippen LogP contribution in [0.25, 0.3) is 0 Å². The van der Waals surface area contributed by atoms with Gasteiger partial charge in [0.15, 0.2) is 0 Å². The van der Waals surface area contributed by atoms with Gasteiger partial charge in [-0.05, 0) is 64.4 Å². The van der Waals surface area contributed by atoms with E-state index in [4.69, 9.17) is 4.42 Å². The molecular weight excluding hydrogens is 262 g/mol. The Morgan fingerprint density at radius 1 is 1.38 bits per heavy atom. The predicted molar refractivity (Wildman–Crippen MR) is 85.2 cm³/mol. The number of nitrogens with one attached hydrogen (secondary N) is 1. The number of piperidine rings is 2. The van der Waals surface area contributed by atoms with Crippen molar-refractivity contribution in [3.8, 4) is 0 Å². The van der Waals surface area contributed by atoms with E-state index in [-0.39, 0.29) is 0 Å². The molecule has 3 atom stereocenters. The Labute approximate surface area is 128 Å². The summed E-state index contributed by atoms with van der Waals surface area (Å²) in [4.78, 5) is 5.26. The van der Waals surface area contributed by atoms with Crippen LogP contribution in [0.4, 0.5) is 0 Å². The average molecular weight is 291 g/mol. The van der Waals surface area contributed by atoms with Crippen molar-refractivity contribution in [1.82, 2.24) is 15.1 Å². The first kappa shape index (κ1) is 15.1. The highest BCUT2D eigenvalue weighted by Gasteiger charge is 2.35. The molecule has 2 aliphatic rings. The summed E-state index contributed by atoms with van der Waals surface area (Å²) in [5, 5.41) is 3.52. The van der Waals surface area contributed by atoms with E-state index in [1.54, 1.807) is 6.26 Å². The molecule has 21 heavy (non-hydrogen) atoms. The number of hydrogen-bond acceptors (Lipinski definition) is 4. The maximum Gasteiger partial charge on any atom is 0.117 e. The lowest BCUT2D eigenvalue weighted by molar-refractivity contribution is 0.0233. The number of hydrogen-bond donors (Lipinski definition) is 1. The highest BCUT2D eigenvalue weighted by molar-refractivity contribution is 4.97. The van der Waals surface area contributed by atoms with Crippen LogP contribution in [-0.2, 0) is 6.54 Å². The summed E-state index contributed by atoms with van der Waals surface area (Å²) in [5.74, 6) is 1.90. The van der Waals surface area contributed by atoms with Gasteiger partial charge in [0.1, 0.15) is 5.76 Å². The van der Waals surface area contributed by atoms with Crippen molar-refractivity contribution in [3.05, 3.63) is 24.2 Å². The third-order valence-corrected chi connectivity index (χ3v) is 5.32. The number of fused-ring (bicyclic) bond motifs is 1. The number of nitrogens with zero attached hydrogens (tertiary/aromatic N) is 2. The molecule has 0 aromatic carbocycles. The molecule has 0 spiro atoms. The molecule has 3 unspecified atom stereocenters. The Hall–Kier alpha value is -0.840. The van der Waals surface area contributed by atoms with Crippen LogP contribution in [0.2, 0.25) is 0 Å². The molecule has 4 heteroatoms. The molecule has 0 aliphatic carbocycles. The van der Waals surface area contributed by atoms with Crippen molar-refractivity contribution < 1.29 is 4.42 Å². The van der Waals surface area contributed by atoms with Gasteiger partial charge in [0.05, 0.1) is 12.8 Å². The molecule has 0 radical (unpaired) electrons. The van der Waals surface area contributed by atoms with Gasteiger partial charge in [-0.1, -0.05) is 0 Å². The van der Waals surface area contributed by atoms with Gasteiger partial charge in [0.25, 0.3) is 0 Å². The quantitative estimate of drug-likeness (QED) is 0.901. The first-order chi connectivity index (χ1) is 10.2. The molecule has 1 N–H and O–H groups in total.